The lowest BCUT2D eigenvalue weighted by Gasteiger charge is -2.10. The molecule has 0 aliphatic carbocycles. The maximum Gasteiger partial charge on any atom is 0.417 e. The van der Waals surface area contributed by atoms with Gasteiger partial charge in [0.05, 0.1) is 11.3 Å². The van der Waals surface area contributed by atoms with E-state index in [1.54, 1.807) is 0 Å². The number of hydrogen-bond donors (Lipinski definition) is 1. The van der Waals surface area contributed by atoms with E-state index in [0.29, 0.717) is 12.3 Å². The summed E-state index contributed by atoms with van der Waals surface area (Å²) in [4.78, 5) is 3.26. The van der Waals surface area contributed by atoms with Crippen molar-refractivity contribution in [2.45, 2.75) is 19.1 Å². The quantitative estimate of drug-likeness (QED) is 0.787. The molecule has 15 heavy (non-hydrogen) atoms. The lowest BCUT2D eigenvalue weighted by Crippen LogP contribution is -2.11. The highest BCUT2D eigenvalue weighted by molar-refractivity contribution is 5.28. The largest absolute Gasteiger partial charge is 0.417 e. The summed E-state index contributed by atoms with van der Waals surface area (Å²) in [5.41, 5.74) is 2.88. The Morgan fingerprint density at radius 1 is 1.33 bits per heavy atom. The van der Waals surface area contributed by atoms with E-state index < -0.39 is 23.7 Å². The van der Waals surface area contributed by atoms with Crippen molar-refractivity contribution in [3.8, 4) is 0 Å². The number of nitrogens with two attached hydrogens (primary N) is 1. The molecule has 0 fully saturated rings. The summed E-state index contributed by atoms with van der Waals surface area (Å²) in [5, 5.41) is 0. The molecule has 0 bridgehead atoms. The molecular formula is C8H7F5N2. The average Bonchev–Trinajstić information content (AvgIpc) is 2.15. The zero-order valence-electron chi connectivity index (χ0n) is 7.35. The molecule has 0 spiro atoms. The molecule has 0 unspecified atom stereocenters. The molecule has 0 radical (unpaired) electrons. The van der Waals surface area contributed by atoms with Crippen molar-refractivity contribution in [2.24, 2.45) is 5.73 Å². The summed E-state index contributed by atoms with van der Waals surface area (Å²) in [6.45, 7) is -0.322. The van der Waals surface area contributed by atoms with Gasteiger partial charge in [-0.25, -0.2) is 8.78 Å². The summed E-state index contributed by atoms with van der Waals surface area (Å²) in [7, 11) is 0. The first kappa shape index (κ1) is 11.8. The summed E-state index contributed by atoms with van der Waals surface area (Å²) in [6.07, 6.45) is -7.20. The van der Waals surface area contributed by atoms with Crippen LogP contribution in [0.4, 0.5) is 22.0 Å². The van der Waals surface area contributed by atoms with Crippen LogP contribution in [-0.4, -0.2) is 4.98 Å². The number of rotatable bonds is 2. The third-order valence-corrected chi connectivity index (χ3v) is 1.76. The van der Waals surface area contributed by atoms with Crippen LogP contribution in [0.3, 0.4) is 0 Å². The fraction of sp³-hybridized carbons (Fsp3) is 0.375. The minimum atomic E-state index is -4.68. The van der Waals surface area contributed by atoms with Gasteiger partial charge in [-0.05, 0) is 6.07 Å². The maximum absolute atomic E-state index is 12.3. The Morgan fingerprint density at radius 2 is 1.93 bits per heavy atom. The molecule has 2 nitrogen and oxygen atoms in total. The van der Waals surface area contributed by atoms with E-state index in [1.165, 1.54) is 0 Å². The highest BCUT2D eigenvalue weighted by Crippen LogP contribution is 2.32. The minimum absolute atomic E-state index is 0.224. The molecule has 2 N–H and O–H groups in total. The monoisotopic (exact) mass is 226 g/mol. The van der Waals surface area contributed by atoms with Gasteiger partial charge in [-0.15, -0.1) is 0 Å². The SMILES string of the molecule is NCc1ncc(C(F)(F)F)cc1C(F)F. The Morgan fingerprint density at radius 3 is 2.33 bits per heavy atom. The number of aromatic nitrogens is 1. The fourth-order valence-corrected chi connectivity index (χ4v) is 1.02. The summed E-state index contributed by atoms with van der Waals surface area (Å²) >= 11 is 0. The van der Waals surface area contributed by atoms with E-state index in [9.17, 15) is 22.0 Å². The lowest BCUT2D eigenvalue weighted by atomic mass is 10.1. The van der Waals surface area contributed by atoms with Crippen molar-refractivity contribution >= 4 is 0 Å². The molecule has 1 aromatic heterocycles. The Bertz CT molecular complexity index is 347. The zero-order valence-corrected chi connectivity index (χ0v) is 7.35. The molecule has 0 atom stereocenters. The number of pyridine rings is 1. The number of hydrogen-bond acceptors (Lipinski definition) is 2. The van der Waals surface area contributed by atoms with E-state index in [0.717, 1.165) is 0 Å². The molecule has 84 valence electrons. The highest BCUT2D eigenvalue weighted by atomic mass is 19.4. The zero-order chi connectivity index (χ0) is 11.6. The lowest BCUT2D eigenvalue weighted by molar-refractivity contribution is -0.138. The second-order valence-corrected chi connectivity index (χ2v) is 2.76. The molecular weight excluding hydrogens is 219 g/mol. The van der Waals surface area contributed by atoms with Crippen LogP contribution < -0.4 is 5.73 Å². The van der Waals surface area contributed by atoms with Crippen molar-refractivity contribution < 1.29 is 22.0 Å². The van der Waals surface area contributed by atoms with Gasteiger partial charge in [0.25, 0.3) is 6.43 Å². The van der Waals surface area contributed by atoms with E-state index in [2.05, 4.69) is 4.98 Å². The molecule has 1 aromatic rings. The predicted octanol–water partition coefficient (Wildman–Crippen LogP) is 2.50. The first-order valence-corrected chi connectivity index (χ1v) is 3.90. The van der Waals surface area contributed by atoms with Crippen LogP contribution in [-0.2, 0) is 12.7 Å². The molecule has 0 saturated carbocycles. The first-order chi connectivity index (χ1) is 6.86. The van der Waals surface area contributed by atoms with Crippen LogP contribution in [0.2, 0.25) is 0 Å². The van der Waals surface area contributed by atoms with Crippen molar-refractivity contribution in [1.29, 1.82) is 0 Å². The smallest absolute Gasteiger partial charge is 0.325 e. The molecule has 0 amide bonds. The molecule has 0 aliphatic heterocycles. The second kappa shape index (κ2) is 4.09. The van der Waals surface area contributed by atoms with Gasteiger partial charge >= 0.3 is 6.18 Å². The van der Waals surface area contributed by atoms with Crippen molar-refractivity contribution in [3.63, 3.8) is 0 Å². The molecule has 1 heterocycles. The van der Waals surface area contributed by atoms with Crippen molar-refractivity contribution in [1.82, 2.24) is 4.98 Å². The fourth-order valence-electron chi connectivity index (χ4n) is 1.02. The highest BCUT2D eigenvalue weighted by Gasteiger charge is 2.32. The van der Waals surface area contributed by atoms with Gasteiger partial charge in [0.15, 0.2) is 0 Å². The molecule has 0 aromatic carbocycles. The number of alkyl halides is 5. The van der Waals surface area contributed by atoms with E-state index in [4.69, 9.17) is 5.73 Å². The van der Waals surface area contributed by atoms with E-state index in [1.807, 2.05) is 0 Å². The molecule has 7 heteroatoms. The Kier molecular flexibility index (Phi) is 3.23. The summed E-state index contributed by atoms with van der Waals surface area (Å²) in [6, 6.07) is 0.375. The van der Waals surface area contributed by atoms with Gasteiger partial charge in [-0.3, -0.25) is 4.98 Å². The minimum Gasteiger partial charge on any atom is -0.325 e. The first-order valence-electron chi connectivity index (χ1n) is 3.90. The molecule has 0 saturated heterocycles. The number of nitrogens with zero attached hydrogens (tertiary/aromatic N) is 1. The third-order valence-electron chi connectivity index (χ3n) is 1.76. The van der Waals surface area contributed by atoms with Crippen molar-refractivity contribution in [3.05, 3.63) is 29.1 Å². The molecule has 0 aliphatic rings. The van der Waals surface area contributed by atoms with Crippen LogP contribution in [0.5, 0.6) is 0 Å². The second-order valence-electron chi connectivity index (χ2n) is 2.76. The molecule has 1 rings (SSSR count). The van der Waals surface area contributed by atoms with Crippen LogP contribution in [0.25, 0.3) is 0 Å². The van der Waals surface area contributed by atoms with Crippen molar-refractivity contribution in [2.75, 3.05) is 0 Å². The maximum atomic E-state index is 12.3. The van der Waals surface area contributed by atoms with Gasteiger partial charge in [-0.1, -0.05) is 0 Å². The van der Waals surface area contributed by atoms with E-state index in [-0.39, 0.29) is 12.2 Å². The topological polar surface area (TPSA) is 38.9 Å². The van der Waals surface area contributed by atoms with Crippen LogP contribution in [0.15, 0.2) is 12.3 Å². The summed E-state index contributed by atoms with van der Waals surface area (Å²) in [5.74, 6) is 0. The standard InChI is InChI=1S/C8H7F5N2/c9-7(10)5-1-4(8(11,12)13)3-15-6(5)2-14/h1,3,7H,2,14H2. The van der Waals surface area contributed by atoms with Gasteiger partial charge in [0.2, 0.25) is 0 Å². The van der Waals surface area contributed by atoms with Gasteiger partial charge in [0.1, 0.15) is 0 Å². The van der Waals surface area contributed by atoms with Crippen LogP contribution in [0, 0.1) is 0 Å². The van der Waals surface area contributed by atoms with Gasteiger partial charge < -0.3 is 5.73 Å². The van der Waals surface area contributed by atoms with Crippen LogP contribution in [0.1, 0.15) is 23.2 Å². The van der Waals surface area contributed by atoms with Gasteiger partial charge in [-0.2, -0.15) is 13.2 Å². The van der Waals surface area contributed by atoms with Crippen LogP contribution >= 0.6 is 0 Å². The Balaban J connectivity index is 3.22. The van der Waals surface area contributed by atoms with E-state index >= 15 is 0 Å². The predicted molar refractivity (Wildman–Crippen MR) is 42.1 cm³/mol. The Labute approximate surface area is 81.9 Å². The Hall–Kier alpha value is -1.24. The average molecular weight is 226 g/mol. The van der Waals surface area contributed by atoms with Gasteiger partial charge in [0, 0.05) is 18.3 Å². The number of halogens is 5. The normalized spacial score (nSPS) is 12.2. The summed E-state index contributed by atoms with van der Waals surface area (Å²) < 4.78 is 61.1. The third kappa shape index (κ3) is 2.62.